The van der Waals surface area contributed by atoms with Crippen LogP contribution in [0.25, 0.3) is 11.4 Å². The lowest BCUT2D eigenvalue weighted by molar-refractivity contribution is 0.0272. The van der Waals surface area contributed by atoms with Gasteiger partial charge in [0, 0.05) is 29.1 Å². The lowest BCUT2D eigenvalue weighted by atomic mass is 10.2. The molecule has 4 rings (SSSR count). The van der Waals surface area contributed by atoms with Crippen LogP contribution in [0.3, 0.4) is 0 Å². The van der Waals surface area contributed by atoms with E-state index in [1.54, 1.807) is 35.4 Å². The van der Waals surface area contributed by atoms with Gasteiger partial charge in [-0.3, -0.25) is 9.52 Å². The number of thiophene rings is 1. The molecule has 1 aromatic carbocycles. The number of sulfonamides is 1. The van der Waals surface area contributed by atoms with Gasteiger partial charge in [0.1, 0.15) is 4.21 Å². The number of nitrogens with zero attached hydrogens (tertiary/aromatic N) is 3. The molecule has 0 saturated carbocycles. The summed E-state index contributed by atoms with van der Waals surface area (Å²) < 4.78 is 38.4. The molecule has 0 aliphatic carbocycles. The summed E-state index contributed by atoms with van der Waals surface area (Å²) in [6.45, 7) is 3.59. The van der Waals surface area contributed by atoms with Gasteiger partial charge in [0.25, 0.3) is 10.0 Å². The molecule has 3 aromatic rings. The Morgan fingerprint density at radius 2 is 2.03 bits per heavy atom. The number of amides is 1. The zero-order valence-electron chi connectivity index (χ0n) is 15.8. The smallest absolute Gasteiger partial charge is 0.316 e. The fourth-order valence-electron chi connectivity index (χ4n) is 2.80. The fourth-order valence-corrected chi connectivity index (χ4v) is 5.26. The second kappa shape index (κ2) is 8.34. The Balaban J connectivity index is 1.53. The molecular weight excluding hydrogens is 452 g/mol. The number of hydrogen-bond acceptors (Lipinski definition) is 8. The highest BCUT2D eigenvalue weighted by atomic mass is 35.5. The zero-order chi connectivity index (χ0) is 21.3. The van der Waals surface area contributed by atoms with Crippen LogP contribution in [0.1, 0.15) is 16.2 Å². The van der Waals surface area contributed by atoms with Crippen molar-refractivity contribution in [2.45, 2.75) is 11.1 Å². The number of carbonyl (C=O) groups is 1. The van der Waals surface area contributed by atoms with Gasteiger partial charge in [-0.05, 0) is 30.7 Å². The molecule has 0 radical (unpaired) electrons. The van der Waals surface area contributed by atoms with Crippen LogP contribution in [0.4, 0.5) is 5.69 Å². The van der Waals surface area contributed by atoms with Crippen LogP contribution < -0.4 is 4.72 Å². The van der Waals surface area contributed by atoms with Gasteiger partial charge >= 0.3 is 11.8 Å². The lowest BCUT2D eigenvalue weighted by Crippen LogP contribution is -2.40. The third kappa shape index (κ3) is 4.33. The molecule has 1 N–H and O–H groups in total. The second-order valence-electron chi connectivity index (χ2n) is 6.55. The first-order chi connectivity index (χ1) is 14.3. The molecule has 0 bridgehead atoms. The quantitative estimate of drug-likeness (QED) is 0.611. The molecule has 158 valence electrons. The predicted octanol–water partition coefficient (Wildman–Crippen LogP) is 3.03. The third-order valence-electron chi connectivity index (χ3n) is 4.45. The topological polar surface area (TPSA) is 115 Å². The number of hydrogen-bond donors (Lipinski definition) is 1. The normalized spacial score (nSPS) is 14.7. The molecule has 0 spiro atoms. The maximum Gasteiger partial charge on any atom is 0.316 e. The molecule has 30 heavy (non-hydrogen) atoms. The number of anilines is 1. The Kier molecular flexibility index (Phi) is 5.78. The molecule has 9 nitrogen and oxygen atoms in total. The highest BCUT2D eigenvalue weighted by molar-refractivity contribution is 7.94. The van der Waals surface area contributed by atoms with Crippen molar-refractivity contribution in [3.8, 4) is 11.4 Å². The van der Waals surface area contributed by atoms with Crippen molar-refractivity contribution in [3.05, 3.63) is 46.1 Å². The lowest BCUT2D eigenvalue weighted by Gasteiger charge is -2.25. The summed E-state index contributed by atoms with van der Waals surface area (Å²) in [6.07, 6.45) is 0. The zero-order valence-corrected chi connectivity index (χ0v) is 18.2. The molecule has 1 fully saturated rings. The highest BCUT2D eigenvalue weighted by Gasteiger charge is 2.25. The first-order valence-corrected chi connectivity index (χ1v) is 11.7. The second-order valence-corrected chi connectivity index (χ2v) is 9.80. The van der Waals surface area contributed by atoms with Crippen LogP contribution in [0, 0.1) is 6.92 Å². The first-order valence-electron chi connectivity index (χ1n) is 8.92. The van der Waals surface area contributed by atoms with Gasteiger partial charge in [0.15, 0.2) is 0 Å². The molecule has 2 aromatic heterocycles. The number of morpholine rings is 1. The summed E-state index contributed by atoms with van der Waals surface area (Å²) in [6, 6.07) is 6.39. The number of carbonyl (C=O) groups excluding carboxylic acids is 1. The van der Waals surface area contributed by atoms with E-state index in [4.69, 9.17) is 20.9 Å². The molecule has 1 aliphatic heterocycles. The third-order valence-corrected chi connectivity index (χ3v) is 7.49. The number of halogens is 1. The van der Waals surface area contributed by atoms with E-state index in [0.29, 0.717) is 42.6 Å². The Morgan fingerprint density at radius 3 is 2.80 bits per heavy atom. The van der Waals surface area contributed by atoms with Gasteiger partial charge in [-0.25, -0.2) is 8.42 Å². The maximum absolute atomic E-state index is 12.7. The van der Waals surface area contributed by atoms with Crippen LogP contribution >= 0.6 is 22.9 Å². The van der Waals surface area contributed by atoms with Gasteiger partial charge in [0.05, 0.1) is 18.9 Å². The molecule has 1 saturated heterocycles. The molecule has 12 heteroatoms. The Morgan fingerprint density at radius 1 is 1.27 bits per heavy atom. The summed E-state index contributed by atoms with van der Waals surface area (Å²) in [4.78, 5) is 18.1. The minimum absolute atomic E-state index is 0.0720. The van der Waals surface area contributed by atoms with Crippen LogP contribution in [0.15, 0.2) is 38.4 Å². The Hall–Kier alpha value is -2.47. The number of ether oxygens (including phenoxy) is 1. The average Bonchev–Trinajstić information content (AvgIpc) is 3.40. The van der Waals surface area contributed by atoms with Crippen molar-refractivity contribution in [3.63, 3.8) is 0 Å². The van der Waals surface area contributed by atoms with Crippen molar-refractivity contribution in [2.75, 3.05) is 31.0 Å². The summed E-state index contributed by atoms with van der Waals surface area (Å²) in [5, 5.41) is 5.83. The Bertz CT molecular complexity index is 1180. The SMILES string of the molecule is Cc1ccc(Cl)cc1NS(=O)(=O)c1cc(-c2noc(C(=O)N3CCOCC3)n2)cs1. The minimum atomic E-state index is -3.83. The number of rotatable bonds is 5. The van der Waals surface area contributed by atoms with Gasteiger partial charge in [-0.2, -0.15) is 4.98 Å². The van der Waals surface area contributed by atoms with Gasteiger partial charge in [0.2, 0.25) is 5.82 Å². The van der Waals surface area contributed by atoms with Crippen LogP contribution in [0.2, 0.25) is 5.02 Å². The van der Waals surface area contributed by atoms with Gasteiger partial charge < -0.3 is 14.2 Å². The van der Waals surface area contributed by atoms with E-state index in [9.17, 15) is 13.2 Å². The van der Waals surface area contributed by atoms with Gasteiger partial charge in [-0.15, -0.1) is 11.3 Å². The Labute approximate surface area is 181 Å². The highest BCUT2D eigenvalue weighted by Crippen LogP contribution is 2.30. The van der Waals surface area contributed by atoms with E-state index < -0.39 is 10.0 Å². The molecule has 0 atom stereocenters. The van der Waals surface area contributed by atoms with Crippen molar-refractivity contribution in [2.24, 2.45) is 0 Å². The minimum Gasteiger partial charge on any atom is -0.378 e. The van der Waals surface area contributed by atoms with E-state index in [0.717, 1.165) is 16.9 Å². The average molecular weight is 469 g/mol. The number of nitrogens with one attached hydrogen (secondary N) is 1. The van der Waals surface area contributed by atoms with E-state index in [1.165, 1.54) is 6.07 Å². The molecule has 1 amide bonds. The van der Waals surface area contributed by atoms with Crippen molar-refractivity contribution in [1.29, 1.82) is 0 Å². The van der Waals surface area contributed by atoms with Crippen molar-refractivity contribution < 1.29 is 22.5 Å². The maximum atomic E-state index is 12.7. The molecular formula is C18H17ClN4O5S2. The first kappa shape index (κ1) is 20.8. The van der Waals surface area contributed by atoms with Crippen LogP contribution in [0.5, 0.6) is 0 Å². The summed E-state index contributed by atoms with van der Waals surface area (Å²) in [7, 11) is -3.83. The van der Waals surface area contributed by atoms with Crippen LogP contribution in [-0.4, -0.2) is 55.7 Å². The van der Waals surface area contributed by atoms with Crippen molar-refractivity contribution in [1.82, 2.24) is 15.0 Å². The fraction of sp³-hybridized carbons (Fsp3) is 0.278. The summed E-state index contributed by atoms with van der Waals surface area (Å²) >= 11 is 6.97. The standard InChI is InChI=1S/C18H17ClN4O5S2/c1-11-2-3-13(19)9-14(11)22-30(25,26)15-8-12(10-29-15)16-20-17(28-21-16)18(24)23-4-6-27-7-5-23/h2-3,8-10,22H,4-7H2,1H3. The van der Waals surface area contributed by atoms with E-state index in [2.05, 4.69) is 14.9 Å². The molecule has 3 heterocycles. The molecule has 1 aliphatic rings. The van der Waals surface area contributed by atoms with E-state index in [1.807, 2.05) is 0 Å². The predicted molar refractivity (Wildman–Crippen MR) is 111 cm³/mol. The van der Waals surface area contributed by atoms with Crippen LogP contribution in [-0.2, 0) is 14.8 Å². The number of benzene rings is 1. The largest absolute Gasteiger partial charge is 0.378 e. The van der Waals surface area contributed by atoms with E-state index >= 15 is 0 Å². The summed E-state index contributed by atoms with van der Waals surface area (Å²) in [5.41, 5.74) is 1.58. The molecule has 0 unspecified atom stereocenters. The summed E-state index contributed by atoms with van der Waals surface area (Å²) in [5.74, 6) is -0.378. The monoisotopic (exact) mass is 468 g/mol. The number of aryl methyl sites for hydroxylation is 1. The van der Waals surface area contributed by atoms with Gasteiger partial charge in [-0.1, -0.05) is 22.8 Å². The van der Waals surface area contributed by atoms with Crippen molar-refractivity contribution >= 4 is 44.6 Å². The number of aromatic nitrogens is 2. The van der Waals surface area contributed by atoms with E-state index in [-0.39, 0.29) is 21.8 Å².